The summed E-state index contributed by atoms with van der Waals surface area (Å²) in [5.41, 5.74) is -0.232. The number of amides is 1. The molecule has 0 aliphatic carbocycles. The second kappa shape index (κ2) is 5.63. The Labute approximate surface area is 122 Å². The number of anilines is 1. The van der Waals surface area contributed by atoms with Crippen LogP contribution in [0.25, 0.3) is 0 Å². The van der Waals surface area contributed by atoms with E-state index >= 15 is 0 Å². The van der Waals surface area contributed by atoms with Gasteiger partial charge in [0, 0.05) is 12.1 Å². The number of carboxylic acids is 1. The van der Waals surface area contributed by atoms with E-state index in [1.54, 1.807) is 0 Å². The van der Waals surface area contributed by atoms with E-state index in [2.05, 4.69) is 5.32 Å². The molecule has 0 aliphatic rings. The topological polar surface area (TPSA) is 123 Å². The SMILES string of the molecule is O=C(O)c1ccc(C(=O)Nc2cc([N+](=O)[O-])ccc2Cl)o1. The molecule has 2 aromatic rings. The Bertz CT molecular complexity index is 739. The van der Waals surface area contributed by atoms with Crippen LogP contribution in [0, 0.1) is 10.1 Å². The normalized spacial score (nSPS) is 10.1. The number of nitro benzene ring substituents is 1. The van der Waals surface area contributed by atoms with E-state index < -0.39 is 22.6 Å². The first-order valence-corrected chi connectivity index (χ1v) is 5.84. The second-order valence-electron chi connectivity index (χ2n) is 3.84. The zero-order chi connectivity index (χ0) is 15.6. The van der Waals surface area contributed by atoms with Gasteiger partial charge in [0.2, 0.25) is 5.76 Å². The molecule has 1 amide bonds. The van der Waals surface area contributed by atoms with Crippen LogP contribution in [0.5, 0.6) is 0 Å². The van der Waals surface area contributed by atoms with Gasteiger partial charge < -0.3 is 14.8 Å². The number of furan rings is 1. The Morgan fingerprint density at radius 2 is 1.90 bits per heavy atom. The number of nitrogens with zero attached hydrogens (tertiary/aromatic N) is 1. The quantitative estimate of drug-likeness (QED) is 0.661. The highest BCUT2D eigenvalue weighted by Crippen LogP contribution is 2.27. The van der Waals surface area contributed by atoms with E-state index in [0.29, 0.717) is 0 Å². The number of halogens is 1. The number of non-ortho nitro benzene ring substituents is 1. The van der Waals surface area contributed by atoms with Gasteiger partial charge in [0.15, 0.2) is 5.76 Å². The zero-order valence-electron chi connectivity index (χ0n) is 10.2. The maximum Gasteiger partial charge on any atom is 0.371 e. The Balaban J connectivity index is 2.24. The Morgan fingerprint density at radius 3 is 2.48 bits per heavy atom. The van der Waals surface area contributed by atoms with E-state index in [1.807, 2.05) is 0 Å². The molecular formula is C12H7ClN2O6. The number of carbonyl (C=O) groups excluding carboxylic acids is 1. The number of aromatic carboxylic acids is 1. The predicted molar refractivity (Wildman–Crippen MR) is 71.7 cm³/mol. The van der Waals surface area contributed by atoms with Crippen LogP contribution in [0.3, 0.4) is 0 Å². The van der Waals surface area contributed by atoms with Gasteiger partial charge in [-0.05, 0) is 18.2 Å². The van der Waals surface area contributed by atoms with E-state index in [4.69, 9.17) is 21.1 Å². The molecule has 0 saturated carbocycles. The lowest BCUT2D eigenvalue weighted by molar-refractivity contribution is -0.384. The highest BCUT2D eigenvalue weighted by molar-refractivity contribution is 6.34. The molecule has 21 heavy (non-hydrogen) atoms. The van der Waals surface area contributed by atoms with Crippen molar-refractivity contribution in [2.75, 3.05) is 5.32 Å². The summed E-state index contributed by atoms with van der Waals surface area (Å²) in [6.45, 7) is 0. The van der Waals surface area contributed by atoms with Crippen LogP contribution in [0.2, 0.25) is 5.02 Å². The first-order chi connectivity index (χ1) is 9.88. The van der Waals surface area contributed by atoms with Crippen LogP contribution < -0.4 is 5.32 Å². The fourth-order valence-electron chi connectivity index (χ4n) is 1.48. The molecule has 0 spiro atoms. The summed E-state index contributed by atoms with van der Waals surface area (Å²) in [6.07, 6.45) is 0. The molecule has 0 unspecified atom stereocenters. The van der Waals surface area contributed by atoms with E-state index in [-0.39, 0.29) is 22.2 Å². The maximum atomic E-state index is 11.9. The predicted octanol–water partition coefficient (Wildman–Crippen LogP) is 2.79. The largest absolute Gasteiger partial charge is 0.475 e. The van der Waals surface area contributed by atoms with Crippen LogP contribution in [0.4, 0.5) is 11.4 Å². The van der Waals surface area contributed by atoms with Crippen LogP contribution >= 0.6 is 11.6 Å². The van der Waals surface area contributed by atoms with Crippen LogP contribution in [-0.2, 0) is 0 Å². The van der Waals surface area contributed by atoms with Gasteiger partial charge in [-0.25, -0.2) is 4.79 Å². The average molecular weight is 311 g/mol. The van der Waals surface area contributed by atoms with E-state index in [1.165, 1.54) is 18.2 Å². The fraction of sp³-hybridized carbons (Fsp3) is 0. The lowest BCUT2D eigenvalue weighted by Gasteiger charge is -2.05. The van der Waals surface area contributed by atoms with E-state index in [9.17, 15) is 19.7 Å². The van der Waals surface area contributed by atoms with Crippen molar-refractivity contribution >= 4 is 34.9 Å². The lowest BCUT2D eigenvalue weighted by atomic mass is 10.2. The van der Waals surface area contributed by atoms with Crippen molar-refractivity contribution in [1.82, 2.24) is 0 Å². The molecule has 9 heteroatoms. The fourth-order valence-corrected chi connectivity index (χ4v) is 1.65. The van der Waals surface area contributed by atoms with Crippen molar-refractivity contribution in [1.29, 1.82) is 0 Å². The van der Waals surface area contributed by atoms with Gasteiger partial charge in [-0.3, -0.25) is 14.9 Å². The minimum absolute atomic E-state index is 0.0177. The molecule has 0 saturated heterocycles. The Morgan fingerprint density at radius 1 is 1.24 bits per heavy atom. The molecule has 0 bridgehead atoms. The van der Waals surface area contributed by atoms with Crippen molar-refractivity contribution < 1.29 is 24.0 Å². The van der Waals surface area contributed by atoms with Gasteiger partial charge in [0.05, 0.1) is 15.6 Å². The molecule has 1 aromatic heterocycles. The minimum Gasteiger partial charge on any atom is -0.475 e. The molecule has 0 aliphatic heterocycles. The number of carbonyl (C=O) groups is 2. The van der Waals surface area contributed by atoms with Crippen molar-refractivity contribution in [2.45, 2.75) is 0 Å². The number of nitro groups is 1. The molecule has 1 heterocycles. The Kier molecular flexibility index (Phi) is 3.90. The third-order valence-electron chi connectivity index (χ3n) is 2.45. The van der Waals surface area contributed by atoms with Gasteiger partial charge in [-0.1, -0.05) is 11.6 Å². The number of benzene rings is 1. The van der Waals surface area contributed by atoms with Gasteiger partial charge in [-0.15, -0.1) is 0 Å². The Hall–Kier alpha value is -2.87. The molecule has 108 valence electrons. The maximum absolute atomic E-state index is 11.9. The molecule has 0 fully saturated rings. The van der Waals surface area contributed by atoms with Crippen molar-refractivity contribution in [3.05, 3.63) is 57.0 Å². The molecule has 0 radical (unpaired) electrons. The van der Waals surface area contributed by atoms with Crippen LogP contribution in [0.15, 0.2) is 34.7 Å². The van der Waals surface area contributed by atoms with Crippen molar-refractivity contribution in [3.63, 3.8) is 0 Å². The van der Waals surface area contributed by atoms with Crippen molar-refractivity contribution in [3.8, 4) is 0 Å². The monoisotopic (exact) mass is 310 g/mol. The van der Waals surface area contributed by atoms with Gasteiger partial charge >= 0.3 is 5.97 Å². The molecular weight excluding hydrogens is 304 g/mol. The zero-order valence-corrected chi connectivity index (χ0v) is 11.0. The molecule has 1 aromatic carbocycles. The van der Waals surface area contributed by atoms with Gasteiger partial charge in [-0.2, -0.15) is 0 Å². The summed E-state index contributed by atoms with van der Waals surface area (Å²) in [4.78, 5) is 32.5. The van der Waals surface area contributed by atoms with Crippen molar-refractivity contribution in [2.24, 2.45) is 0 Å². The summed E-state index contributed by atoms with van der Waals surface area (Å²) in [6, 6.07) is 5.82. The second-order valence-corrected chi connectivity index (χ2v) is 4.25. The third kappa shape index (κ3) is 3.18. The molecule has 8 nitrogen and oxygen atoms in total. The first kappa shape index (κ1) is 14.5. The third-order valence-corrected chi connectivity index (χ3v) is 2.78. The molecule has 0 atom stereocenters. The van der Waals surface area contributed by atoms with Gasteiger partial charge in [0.25, 0.3) is 11.6 Å². The van der Waals surface area contributed by atoms with Crippen LogP contribution in [-0.4, -0.2) is 21.9 Å². The highest BCUT2D eigenvalue weighted by Gasteiger charge is 2.17. The number of carboxylic acid groups (broad SMARTS) is 1. The van der Waals surface area contributed by atoms with Gasteiger partial charge in [0.1, 0.15) is 0 Å². The summed E-state index contributed by atoms with van der Waals surface area (Å²) < 4.78 is 4.81. The summed E-state index contributed by atoms with van der Waals surface area (Å²) in [7, 11) is 0. The minimum atomic E-state index is -1.32. The smallest absolute Gasteiger partial charge is 0.371 e. The molecule has 2 rings (SSSR count). The number of rotatable bonds is 4. The lowest BCUT2D eigenvalue weighted by Crippen LogP contribution is -2.11. The number of hydrogen-bond donors (Lipinski definition) is 2. The summed E-state index contributed by atoms with van der Waals surface area (Å²) >= 11 is 5.83. The number of nitrogens with one attached hydrogen (secondary N) is 1. The van der Waals surface area contributed by atoms with E-state index in [0.717, 1.165) is 12.1 Å². The van der Waals surface area contributed by atoms with Crippen LogP contribution in [0.1, 0.15) is 21.1 Å². The molecule has 2 N–H and O–H groups in total. The summed E-state index contributed by atoms with van der Waals surface area (Å²) in [5.74, 6) is -2.74. The highest BCUT2D eigenvalue weighted by atomic mass is 35.5. The number of hydrogen-bond acceptors (Lipinski definition) is 5. The summed E-state index contributed by atoms with van der Waals surface area (Å²) in [5, 5.41) is 21.8. The average Bonchev–Trinajstić information content (AvgIpc) is 2.90. The first-order valence-electron chi connectivity index (χ1n) is 5.47. The standard InChI is InChI=1S/C12H7ClN2O6/c13-7-2-1-6(15(19)20)5-8(7)14-11(16)9-3-4-10(21-9)12(17)18/h1-5H,(H,14,16)(H,17,18).